The SMILES string of the molecule is CCCCOc1ccc(OC(=O)c2ccc(CCC[Si]3(C)CCC(C)(C)O[Si]3(C)C)cc2)cc1. The zero-order chi connectivity index (χ0) is 24.8. The van der Waals surface area contributed by atoms with Crippen molar-refractivity contribution in [1.29, 1.82) is 0 Å². The molecule has 2 aromatic rings. The average molecular weight is 499 g/mol. The van der Waals surface area contributed by atoms with Crippen molar-refractivity contribution in [2.24, 2.45) is 0 Å². The van der Waals surface area contributed by atoms with Gasteiger partial charge in [-0.3, -0.25) is 0 Å². The van der Waals surface area contributed by atoms with E-state index in [0.29, 0.717) is 17.9 Å². The molecule has 1 aliphatic rings. The van der Waals surface area contributed by atoms with Gasteiger partial charge in [0, 0.05) is 0 Å². The quantitative estimate of drug-likeness (QED) is 0.147. The Labute approximate surface area is 207 Å². The van der Waals surface area contributed by atoms with Crippen LogP contribution in [0, 0.1) is 0 Å². The minimum Gasteiger partial charge on any atom is -0.494 e. The van der Waals surface area contributed by atoms with E-state index < -0.39 is 15.4 Å². The van der Waals surface area contributed by atoms with E-state index in [1.807, 2.05) is 24.3 Å². The van der Waals surface area contributed by atoms with Crippen molar-refractivity contribution in [2.45, 2.75) is 90.2 Å². The van der Waals surface area contributed by atoms with Gasteiger partial charge in [0.15, 0.2) is 7.83 Å². The molecule has 0 amide bonds. The topological polar surface area (TPSA) is 44.8 Å². The van der Waals surface area contributed by atoms with Crippen LogP contribution in [-0.4, -0.2) is 33.6 Å². The molecule has 1 heterocycles. The zero-order valence-corrected chi connectivity index (χ0v) is 23.9. The van der Waals surface area contributed by atoms with E-state index >= 15 is 0 Å². The molecule has 4 nitrogen and oxygen atoms in total. The van der Waals surface area contributed by atoms with E-state index in [9.17, 15) is 4.79 Å². The summed E-state index contributed by atoms with van der Waals surface area (Å²) in [5.74, 6) is 0.990. The van der Waals surface area contributed by atoms with Gasteiger partial charge in [0.05, 0.1) is 25.4 Å². The molecule has 1 fully saturated rings. The molecule has 6 heteroatoms. The first-order valence-corrected chi connectivity index (χ1v) is 19.6. The summed E-state index contributed by atoms with van der Waals surface area (Å²) in [5, 5.41) is 0. The predicted octanol–water partition coefficient (Wildman–Crippen LogP) is 7.58. The Balaban J connectivity index is 1.48. The van der Waals surface area contributed by atoms with Crippen molar-refractivity contribution >= 4 is 21.4 Å². The molecule has 0 spiro atoms. The van der Waals surface area contributed by atoms with Gasteiger partial charge >= 0.3 is 5.97 Å². The minimum atomic E-state index is -1.62. The van der Waals surface area contributed by atoms with Gasteiger partial charge in [0.1, 0.15) is 11.5 Å². The van der Waals surface area contributed by atoms with Crippen LogP contribution >= 0.6 is 0 Å². The molecule has 1 atom stereocenters. The van der Waals surface area contributed by atoms with Crippen molar-refractivity contribution in [3.05, 3.63) is 59.7 Å². The lowest BCUT2D eigenvalue weighted by molar-refractivity contribution is 0.0734. The van der Waals surface area contributed by atoms with Crippen LogP contribution in [0.15, 0.2) is 48.5 Å². The summed E-state index contributed by atoms with van der Waals surface area (Å²) in [6.07, 6.45) is 5.56. The molecule has 1 unspecified atom stereocenters. The third kappa shape index (κ3) is 7.06. The lowest BCUT2D eigenvalue weighted by Gasteiger charge is -2.51. The monoisotopic (exact) mass is 498 g/mol. The standard InChI is InChI=1S/C28H42O4Si2/c1-7-8-20-30-25-15-17-26(18-16-25)31-27(29)24-13-11-23(12-14-24)10-9-21-34(6)22-19-28(2,3)32-33(34,4)5/h11-18H,7-10,19-22H2,1-6H3. The van der Waals surface area contributed by atoms with Gasteiger partial charge in [-0.2, -0.15) is 0 Å². The van der Waals surface area contributed by atoms with Gasteiger partial charge in [-0.05, 0) is 88.2 Å². The van der Waals surface area contributed by atoms with Gasteiger partial charge in [0.25, 0.3) is 0 Å². The van der Waals surface area contributed by atoms with Crippen LogP contribution < -0.4 is 9.47 Å². The molecule has 1 aliphatic heterocycles. The highest BCUT2D eigenvalue weighted by molar-refractivity contribution is 7.38. The molecule has 0 bridgehead atoms. The Hall–Kier alpha value is -1.90. The molecule has 0 radical (unpaired) electrons. The van der Waals surface area contributed by atoms with E-state index in [0.717, 1.165) is 25.0 Å². The van der Waals surface area contributed by atoms with Crippen molar-refractivity contribution in [2.75, 3.05) is 6.61 Å². The molecule has 186 valence electrons. The normalized spacial score (nSPS) is 21.1. The fourth-order valence-corrected chi connectivity index (χ4v) is 16.1. The maximum Gasteiger partial charge on any atom is 0.343 e. The number of benzene rings is 2. The number of esters is 1. The van der Waals surface area contributed by atoms with Crippen molar-refractivity contribution in [3.63, 3.8) is 0 Å². The molecule has 0 aromatic heterocycles. The van der Waals surface area contributed by atoms with Crippen LogP contribution in [0.25, 0.3) is 0 Å². The third-order valence-corrected chi connectivity index (χ3v) is 24.8. The van der Waals surface area contributed by atoms with Crippen LogP contribution in [0.5, 0.6) is 11.5 Å². The molecular formula is C28H42O4Si2. The second-order valence-corrected chi connectivity index (χ2v) is 25.6. The number of aryl methyl sites for hydroxylation is 1. The van der Waals surface area contributed by atoms with Gasteiger partial charge in [0.2, 0.25) is 0 Å². The number of carbonyl (C=O) groups is 1. The number of rotatable bonds is 10. The number of hydrogen-bond donors (Lipinski definition) is 0. The predicted molar refractivity (Wildman–Crippen MR) is 145 cm³/mol. The highest BCUT2D eigenvalue weighted by Crippen LogP contribution is 2.41. The maximum absolute atomic E-state index is 12.6. The fraction of sp³-hybridized carbons (Fsp3) is 0.536. The number of hydrogen-bond acceptors (Lipinski definition) is 4. The lowest BCUT2D eigenvalue weighted by Crippen LogP contribution is -2.65. The molecule has 1 saturated heterocycles. The lowest BCUT2D eigenvalue weighted by atomic mass is 10.1. The van der Waals surface area contributed by atoms with Crippen LogP contribution in [0.3, 0.4) is 0 Å². The molecule has 34 heavy (non-hydrogen) atoms. The van der Waals surface area contributed by atoms with E-state index in [1.54, 1.807) is 12.1 Å². The van der Waals surface area contributed by atoms with Gasteiger partial charge in [-0.25, -0.2) is 4.79 Å². The first-order chi connectivity index (χ1) is 16.0. The van der Waals surface area contributed by atoms with Gasteiger partial charge < -0.3 is 13.9 Å². The number of ether oxygens (including phenoxy) is 2. The average Bonchev–Trinajstić information content (AvgIpc) is 2.78. The smallest absolute Gasteiger partial charge is 0.343 e. The highest BCUT2D eigenvalue weighted by atomic mass is 29.3. The summed E-state index contributed by atoms with van der Waals surface area (Å²) in [5.41, 5.74) is 1.90. The molecule has 0 aliphatic carbocycles. The summed E-state index contributed by atoms with van der Waals surface area (Å²) in [7, 11) is -2.98. The zero-order valence-electron chi connectivity index (χ0n) is 21.9. The van der Waals surface area contributed by atoms with Gasteiger partial charge in [-0.1, -0.05) is 50.5 Å². The summed E-state index contributed by atoms with van der Waals surface area (Å²) in [4.78, 5) is 12.6. The first kappa shape index (κ1) is 26.7. The molecule has 3 rings (SSSR count). The van der Waals surface area contributed by atoms with Crippen molar-refractivity contribution in [1.82, 2.24) is 0 Å². The van der Waals surface area contributed by atoms with E-state index in [1.165, 1.54) is 30.5 Å². The fourth-order valence-electron chi connectivity index (χ4n) is 4.76. The summed E-state index contributed by atoms with van der Waals surface area (Å²) >= 11 is 0. The van der Waals surface area contributed by atoms with E-state index in [2.05, 4.69) is 52.5 Å². The Morgan fingerprint density at radius 1 is 0.971 bits per heavy atom. The second-order valence-electron chi connectivity index (χ2n) is 11.0. The van der Waals surface area contributed by atoms with Crippen LogP contribution in [0.4, 0.5) is 0 Å². The van der Waals surface area contributed by atoms with E-state index in [4.69, 9.17) is 13.9 Å². The first-order valence-electron chi connectivity index (χ1n) is 12.8. The largest absolute Gasteiger partial charge is 0.494 e. The van der Waals surface area contributed by atoms with Crippen LogP contribution in [0.2, 0.25) is 31.7 Å². The summed E-state index contributed by atoms with van der Waals surface area (Å²) in [6, 6.07) is 17.8. The Kier molecular flexibility index (Phi) is 8.82. The molecule has 2 aromatic carbocycles. The maximum atomic E-state index is 12.6. The van der Waals surface area contributed by atoms with Crippen molar-refractivity contribution in [3.8, 4) is 11.5 Å². The molecular weight excluding hydrogens is 456 g/mol. The van der Waals surface area contributed by atoms with E-state index in [-0.39, 0.29) is 11.6 Å². The third-order valence-electron chi connectivity index (χ3n) is 7.45. The number of unbranched alkanes of at least 4 members (excludes halogenated alkanes) is 1. The Morgan fingerprint density at radius 2 is 1.62 bits per heavy atom. The van der Waals surface area contributed by atoms with Crippen LogP contribution in [-0.2, 0) is 10.8 Å². The summed E-state index contributed by atoms with van der Waals surface area (Å²) in [6.45, 7) is 14.8. The Bertz CT molecular complexity index is 938. The van der Waals surface area contributed by atoms with Crippen LogP contribution in [0.1, 0.15) is 62.4 Å². The molecule has 0 N–H and O–H groups in total. The van der Waals surface area contributed by atoms with Gasteiger partial charge in [-0.15, -0.1) is 0 Å². The second kappa shape index (κ2) is 11.2. The van der Waals surface area contributed by atoms with Crippen molar-refractivity contribution < 1.29 is 18.7 Å². The minimum absolute atomic E-state index is 0.0527. The highest BCUT2D eigenvalue weighted by Gasteiger charge is 2.52. The molecule has 0 saturated carbocycles. The number of carbonyl (C=O) groups excluding carboxylic acids is 1. The Morgan fingerprint density at radius 3 is 2.24 bits per heavy atom. The summed E-state index contributed by atoms with van der Waals surface area (Å²) < 4.78 is 17.8.